The molecule has 0 unspecified atom stereocenters. The highest BCUT2D eigenvalue weighted by Gasteiger charge is 2.27. The number of benzene rings is 11. The van der Waals surface area contributed by atoms with Gasteiger partial charge in [-0.25, -0.2) is 0 Å². The quantitative estimate of drug-likeness (QED) is 0.166. The Bertz CT molecular complexity index is 5540. The summed E-state index contributed by atoms with van der Waals surface area (Å²) in [7, 11) is 0. The fourth-order valence-electron chi connectivity index (χ4n) is 14.1. The molecule has 0 amide bonds. The standard InChI is InChI=1S/C74H44N10/c1-11-31-56-45(21-1)46-22-2-12-32-57(46)79(56)67-43-68(80-58-33-13-3-23-47(58)48-24-4-14-34-59(48)80)76-73(75-67)83-65-40-20-10-30-55(65)71-66(83)42-41-54-53-29-9-19-39-64(53)84(72(54)71)74-77-69(81-60-35-15-5-25-49(60)50-26-6-16-36-61(50)81)44-70(78-74)82-62-37-17-7-27-51(62)52-28-8-18-38-63(52)82/h1-44H. The van der Waals surface area contributed by atoms with Crippen LogP contribution in [-0.4, -0.2) is 47.3 Å². The monoisotopic (exact) mass is 1070 g/mol. The topological polar surface area (TPSA) is 81.1 Å². The van der Waals surface area contributed by atoms with E-state index in [-0.39, 0.29) is 0 Å². The first-order chi connectivity index (χ1) is 41.7. The van der Waals surface area contributed by atoms with Gasteiger partial charge < -0.3 is 0 Å². The number of hydrogen-bond acceptors (Lipinski definition) is 4. The average molecular weight is 1070 g/mol. The van der Waals surface area contributed by atoms with E-state index < -0.39 is 0 Å². The summed E-state index contributed by atoms with van der Waals surface area (Å²) in [6.45, 7) is 0. The van der Waals surface area contributed by atoms with Crippen molar-refractivity contribution in [3.05, 3.63) is 267 Å². The first-order valence-electron chi connectivity index (χ1n) is 28.4. The Labute approximate surface area is 477 Å². The molecule has 0 atom stereocenters. The maximum Gasteiger partial charge on any atom is 0.238 e. The highest BCUT2D eigenvalue weighted by atomic mass is 15.3. The van der Waals surface area contributed by atoms with E-state index in [1.54, 1.807) is 0 Å². The number of aromatic nitrogens is 10. The zero-order valence-corrected chi connectivity index (χ0v) is 44.9. The summed E-state index contributed by atoms with van der Waals surface area (Å²) in [5.74, 6) is 4.09. The molecule has 19 rings (SSSR count). The lowest BCUT2D eigenvalue weighted by atomic mass is 10.1. The molecule has 8 aromatic heterocycles. The maximum absolute atomic E-state index is 5.78. The van der Waals surface area contributed by atoms with Gasteiger partial charge in [-0.2, -0.15) is 19.9 Å². The Hall–Kier alpha value is -11.6. The van der Waals surface area contributed by atoms with Gasteiger partial charge in [-0.1, -0.05) is 188 Å². The van der Waals surface area contributed by atoms with E-state index in [2.05, 4.69) is 294 Å². The molecule has 0 spiro atoms. The predicted octanol–water partition coefficient (Wildman–Crippen LogP) is 17.8. The van der Waals surface area contributed by atoms with E-state index in [1.807, 2.05) is 0 Å². The lowest BCUT2D eigenvalue weighted by Crippen LogP contribution is -2.10. The van der Waals surface area contributed by atoms with Crippen molar-refractivity contribution in [2.45, 2.75) is 0 Å². The average Bonchev–Trinajstić information content (AvgIpc) is 1.79. The molecule has 0 bridgehead atoms. The van der Waals surface area contributed by atoms with Crippen LogP contribution < -0.4 is 0 Å². The fourth-order valence-corrected chi connectivity index (χ4v) is 14.1. The van der Waals surface area contributed by atoms with Gasteiger partial charge in [0.2, 0.25) is 11.9 Å². The molecule has 0 N–H and O–H groups in total. The molecule has 0 radical (unpaired) electrons. The van der Waals surface area contributed by atoms with Gasteiger partial charge in [0.05, 0.1) is 66.2 Å². The van der Waals surface area contributed by atoms with Crippen LogP contribution in [0.3, 0.4) is 0 Å². The third kappa shape index (κ3) is 6.11. The van der Waals surface area contributed by atoms with Gasteiger partial charge >= 0.3 is 0 Å². The van der Waals surface area contributed by atoms with E-state index in [0.29, 0.717) is 11.9 Å². The maximum atomic E-state index is 5.78. The fraction of sp³-hybridized carbons (Fsp3) is 0. The molecular weight excluding hydrogens is 1030 g/mol. The number of fused-ring (bicyclic) bond motifs is 19. The first kappa shape index (κ1) is 45.1. The van der Waals surface area contributed by atoms with Crippen molar-refractivity contribution in [3.63, 3.8) is 0 Å². The minimum absolute atomic E-state index is 0.540. The van der Waals surface area contributed by atoms with Crippen molar-refractivity contribution in [2.75, 3.05) is 0 Å². The van der Waals surface area contributed by atoms with E-state index in [1.165, 1.54) is 0 Å². The second kappa shape index (κ2) is 17.0. The van der Waals surface area contributed by atoms with E-state index in [0.717, 1.165) is 154 Å². The summed E-state index contributed by atoms with van der Waals surface area (Å²) < 4.78 is 13.8. The van der Waals surface area contributed by atoms with Gasteiger partial charge in [-0.05, 0) is 66.7 Å². The Morgan fingerprint density at radius 1 is 0.179 bits per heavy atom. The largest absolute Gasteiger partial charge is 0.294 e. The molecule has 0 fully saturated rings. The third-order valence-electron chi connectivity index (χ3n) is 17.5. The Morgan fingerprint density at radius 3 is 0.702 bits per heavy atom. The highest BCUT2D eigenvalue weighted by Crippen LogP contribution is 2.44. The van der Waals surface area contributed by atoms with Gasteiger partial charge in [0.15, 0.2) is 0 Å². The smallest absolute Gasteiger partial charge is 0.238 e. The van der Waals surface area contributed by atoms with Crippen molar-refractivity contribution in [1.29, 1.82) is 0 Å². The minimum atomic E-state index is 0.540. The van der Waals surface area contributed by atoms with Gasteiger partial charge in [-0.3, -0.25) is 27.4 Å². The number of rotatable bonds is 6. The van der Waals surface area contributed by atoms with Gasteiger partial charge in [0.25, 0.3) is 0 Å². The summed E-state index contributed by atoms with van der Waals surface area (Å²) in [6.07, 6.45) is 0. The second-order valence-corrected chi connectivity index (χ2v) is 21.8. The molecule has 0 aliphatic heterocycles. The van der Waals surface area contributed by atoms with Crippen LogP contribution in [0.4, 0.5) is 0 Å². The van der Waals surface area contributed by atoms with Crippen LogP contribution in [0.5, 0.6) is 0 Å². The van der Waals surface area contributed by atoms with E-state index in [9.17, 15) is 0 Å². The van der Waals surface area contributed by atoms with Crippen molar-refractivity contribution in [1.82, 2.24) is 47.3 Å². The molecule has 390 valence electrons. The van der Waals surface area contributed by atoms with Crippen molar-refractivity contribution < 1.29 is 0 Å². The van der Waals surface area contributed by atoms with Crippen molar-refractivity contribution >= 4 is 131 Å². The predicted molar refractivity (Wildman–Crippen MR) is 344 cm³/mol. The number of para-hydroxylation sites is 10. The summed E-state index contributed by atoms with van der Waals surface area (Å²) in [4.78, 5) is 23.0. The van der Waals surface area contributed by atoms with Crippen molar-refractivity contribution in [3.8, 4) is 35.2 Å². The van der Waals surface area contributed by atoms with Crippen LogP contribution >= 0.6 is 0 Å². The molecule has 0 saturated carbocycles. The summed E-state index contributed by atoms with van der Waals surface area (Å²) >= 11 is 0. The molecule has 0 aliphatic carbocycles. The molecular formula is C74H44N10. The first-order valence-corrected chi connectivity index (χ1v) is 28.4. The molecule has 10 nitrogen and oxygen atoms in total. The zero-order chi connectivity index (χ0) is 54.7. The molecule has 0 saturated heterocycles. The molecule has 19 aromatic rings. The normalized spacial score (nSPS) is 12.3. The molecule has 10 heteroatoms. The zero-order valence-electron chi connectivity index (χ0n) is 44.9. The summed E-state index contributed by atoms with van der Waals surface area (Å²) in [6, 6.07) is 95.2. The lowest BCUT2D eigenvalue weighted by Gasteiger charge is -2.16. The highest BCUT2D eigenvalue weighted by molar-refractivity contribution is 6.26. The Kier molecular flexibility index (Phi) is 9.12. The van der Waals surface area contributed by atoms with Crippen LogP contribution in [0.2, 0.25) is 0 Å². The van der Waals surface area contributed by atoms with Crippen LogP contribution in [0.1, 0.15) is 0 Å². The lowest BCUT2D eigenvalue weighted by molar-refractivity contribution is 0.917. The SMILES string of the molecule is c1ccc2c(c1)c1ccccc1n2-c1cc(-n2c3ccccc3c3ccccc32)nc(-n2c3ccccc3c3c2ccc2c4ccccc4n(-c4nc(-n5c6ccccc6c6ccccc65)cc(-n5c6ccccc6c6ccccc65)n4)c23)n1. The van der Waals surface area contributed by atoms with E-state index >= 15 is 0 Å². The van der Waals surface area contributed by atoms with Crippen LogP contribution in [0.15, 0.2) is 267 Å². The van der Waals surface area contributed by atoms with Crippen molar-refractivity contribution in [2.24, 2.45) is 0 Å². The molecule has 8 heterocycles. The molecule has 0 aliphatic rings. The van der Waals surface area contributed by atoms with Gasteiger partial charge in [0.1, 0.15) is 23.3 Å². The van der Waals surface area contributed by atoms with Crippen LogP contribution in [-0.2, 0) is 0 Å². The summed E-state index contributed by atoms with van der Waals surface area (Å²) in [5.41, 5.74) is 12.4. The number of nitrogens with zero attached hydrogens (tertiary/aromatic N) is 10. The second-order valence-electron chi connectivity index (χ2n) is 21.8. The Morgan fingerprint density at radius 2 is 0.405 bits per heavy atom. The molecule has 84 heavy (non-hydrogen) atoms. The van der Waals surface area contributed by atoms with Crippen LogP contribution in [0.25, 0.3) is 166 Å². The van der Waals surface area contributed by atoms with E-state index in [4.69, 9.17) is 19.9 Å². The molecule has 11 aromatic carbocycles. The van der Waals surface area contributed by atoms with Crippen LogP contribution in [0, 0.1) is 0 Å². The Balaban J connectivity index is 0.945. The third-order valence-corrected chi connectivity index (χ3v) is 17.5. The summed E-state index contributed by atoms with van der Waals surface area (Å²) in [5, 5.41) is 13.5. The minimum Gasteiger partial charge on any atom is -0.294 e. The van der Waals surface area contributed by atoms with Gasteiger partial charge in [-0.15, -0.1) is 0 Å². The number of hydrogen-bond donors (Lipinski definition) is 0. The van der Waals surface area contributed by atoms with Gasteiger partial charge in [0, 0.05) is 76.8 Å².